The minimum absolute atomic E-state index is 0.0585. The highest BCUT2D eigenvalue weighted by molar-refractivity contribution is 5.57. The lowest BCUT2D eigenvalue weighted by atomic mass is 10.1. The molecule has 1 atom stereocenters. The van der Waals surface area contributed by atoms with Crippen LogP contribution in [-0.2, 0) is 0 Å². The van der Waals surface area contributed by atoms with Crippen molar-refractivity contribution in [2.75, 3.05) is 25.1 Å². The first kappa shape index (κ1) is 12.2. The Morgan fingerprint density at radius 2 is 1.76 bits per heavy atom. The standard InChI is InChI=1S/C16H15NO4/c18-11-2-3-12-13(9-21-15(12)8-11)17-10-1-4-14-16(7-10)20-6-5-19-14/h1-4,7-8,13,17-18H,5-6,9H2. The van der Waals surface area contributed by atoms with E-state index >= 15 is 0 Å². The number of phenols is 1. The Hall–Kier alpha value is -2.56. The molecule has 0 saturated carbocycles. The monoisotopic (exact) mass is 285 g/mol. The average molecular weight is 285 g/mol. The molecule has 0 aliphatic carbocycles. The first-order valence-electron chi connectivity index (χ1n) is 6.91. The van der Waals surface area contributed by atoms with Crippen LogP contribution in [0.4, 0.5) is 5.69 Å². The molecule has 2 heterocycles. The molecule has 5 nitrogen and oxygen atoms in total. The van der Waals surface area contributed by atoms with Gasteiger partial charge in [0.1, 0.15) is 31.3 Å². The van der Waals surface area contributed by atoms with Crippen LogP contribution in [0.5, 0.6) is 23.0 Å². The third-order valence-corrected chi connectivity index (χ3v) is 3.66. The van der Waals surface area contributed by atoms with E-state index in [9.17, 15) is 5.11 Å². The van der Waals surface area contributed by atoms with Crippen molar-refractivity contribution >= 4 is 5.69 Å². The highest BCUT2D eigenvalue weighted by Crippen LogP contribution is 2.38. The summed E-state index contributed by atoms with van der Waals surface area (Å²) < 4.78 is 16.7. The Morgan fingerprint density at radius 1 is 0.905 bits per heavy atom. The van der Waals surface area contributed by atoms with Crippen molar-refractivity contribution in [2.45, 2.75) is 6.04 Å². The zero-order valence-electron chi connectivity index (χ0n) is 11.3. The van der Waals surface area contributed by atoms with E-state index < -0.39 is 0 Å². The molecule has 2 aromatic carbocycles. The fourth-order valence-electron chi connectivity index (χ4n) is 2.65. The average Bonchev–Trinajstić information content (AvgIpc) is 2.89. The lowest BCUT2D eigenvalue weighted by Gasteiger charge is -2.20. The molecule has 2 aliphatic rings. The van der Waals surface area contributed by atoms with E-state index in [0.29, 0.717) is 19.8 Å². The quantitative estimate of drug-likeness (QED) is 0.888. The Kier molecular flexibility index (Phi) is 2.77. The van der Waals surface area contributed by atoms with Gasteiger partial charge in [0.25, 0.3) is 0 Å². The van der Waals surface area contributed by atoms with Crippen molar-refractivity contribution in [3.8, 4) is 23.0 Å². The number of benzene rings is 2. The van der Waals surface area contributed by atoms with Crippen LogP contribution in [0.3, 0.4) is 0 Å². The number of nitrogens with one attached hydrogen (secondary N) is 1. The number of phenolic OH excluding ortho intramolecular Hbond substituents is 1. The number of ether oxygens (including phenoxy) is 3. The maximum atomic E-state index is 9.47. The van der Waals surface area contributed by atoms with Crippen molar-refractivity contribution in [1.82, 2.24) is 0 Å². The molecule has 108 valence electrons. The van der Waals surface area contributed by atoms with E-state index in [2.05, 4.69) is 5.32 Å². The highest BCUT2D eigenvalue weighted by Gasteiger charge is 2.24. The summed E-state index contributed by atoms with van der Waals surface area (Å²) in [6.07, 6.45) is 0. The number of aromatic hydroxyl groups is 1. The normalized spacial score (nSPS) is 18.8. The van der Waals surface area contributed by atoms with Crippen LogP contribution >= 0.6 is 0 Å². The molecular weight excluding hydrogens is 270 g/mol. The summed E-state index contributed by atoms with van der Waals surface area (Å²) in [4.78, 5) is 0. The van der Waals surface area contributed by atoms with Crippen LogP contribution < -0.4 is 19.5 Å². The van der Waals surface area contributed by atoms with Crippen molar-refractivity contribution < 1.29 is 19.3 Å². The van der Waals surface area contributed by atoms with Gasteiger partial charge in [-0.15, -0.1) is 0 Å². The van der Waals surface area contributed by atoms with Crippen molar-refractivity contribution in [2.24, 2.45) is 0 Å². The molecule has 0 radical (unpaired) electrons. The summed E-state index contributed by atoms with van der Waals surface area (Å²) >= 11 is 0. The lowest BCUT2D eigenvalue weighted by molar-refractivity contribution is 0.171. The minimum atomic E-state index is 0.0585. The first-order valence-corrected chi connectivity index (χ1v) is 6.91. The van der Waals surface area contributed by atoms with Crippen molar-refractivity contribution in [3.05, 3.63) is 42.0 Å². The minimum Gasteiger partial charge on any atom is -0.508 e. The number of anilines is 1. The van der Waals surface area contributed by atoms with Crippen LogP contribution in [-0.4, -0.2) is 24.9 Å². The van der Waals surface area contributed by atoms with Crippen molar-refractivity contribution in [3.63, 3.8) is 0 Å². The Labute approximate surface area is 122 Å². The number of hydrogen-bond acceptors (Lipinski definition) is 5. The molecule has 0 saturated heterocycles. The fraction of sp³-hybridized carbons (Fsp3) is 0.250. The summed E-state index contributed by atoms with van der Waals surface area (Å²) in [5.41, 5.74) is 2.00. The summed E-state index contributed by atoms with van der Waals surface area (Å²) in [5.74, 6) is 2.48. The van der Waals surface area contributed by atoms with Gasteiger partial charge in [-0.3, -0.25) is 0 Å². The molecule has 21 heavy (non-hydrogen) atoms. The first-order chi connectivity index (χ1) is 10.3. The molecule has 0 amide bonds. The second-order valence-electron chi connectivity index (χ2n) is 5.09. The van der Waals surface area contributed by atoms with Gasteiger partial charge in [-0.2, -0.15) is 0 Å². The number of hydrogen-bond donors (Lipinski definition) is 2. The Bertz CT molecular complexity index is 686. The molecular formula is C16H15NO4. The zero-order chi connectivity index (χ0) is 14.2. The van der Waals surface area contributed by atoms with Crippen LogP contribution in [0, 0.1) is 0 Å². The maximum absolute atomic E-state index is 9.47. The Morgan fingerprint density at radius 3 is 2.67 bits per heavy atom. The van der Waals surface area contributed by atoms with E-state index in [-0.39, 0.29) is 11.8 Å². The smallest absolute Gasteiger partial charge is 0.163 e. The summed E-state index contributed by atoms with van der Waals surface area (Å²) in [5, 5.41) is 12.9. The van der Waals surface area contributed by atoms with Gasteiger partial charge >= 0.3 is 0 Å². The fourth-order valence-corrected chi connectivity index (χ4v) is 2.65. The van der Waals surface area contributed by atoms with E-state index in [4.69, 9.17) is 14.2 Å². The van der Waals surface area contributed by atoms with Gasteiger partial charge in [0.2, 0.25) is 0 Å². The molecule has 0 spiro atoms. The van der Waals surface area contributed by atoms with E-state index in [0.717, 1.165) is 28.5 Å². The second-order valence-corrected chi connectivity index (χ2v) is 5.09. The van der Waals surface area contributed by atoms with E-state index in [1.54, 1.807) is 12.1 Å². The van der Waals surface area contributed by atoms with E-state index in [1.807, 2.05) is 24.3 Å². The third-order valence-electron chi connectivity index (χ3n) is 3.66. The maximum Gasteiger partial charge on any atom is 0.163 e. The number of fused-ring (bicyclic) bond motifs is 2. The van der Waals surface area contributed by atoms with Crippen LogP contribution in [0.1, 0.15) is 11.6 Å². The lowest BCUT2D eigenvalue weighted by Crippen LogP contribution is -2.16. The van der Waals surface area contributed by atoms with Crippen LogP contribution in [0.15, 0.2) is 36.4 Å². The molecule has 2 aromatic rings. The molecule has 5 heteroatoms. The van der Waals surface area contributed by atoms with Gasteiger partial charge in [-0.25, -0.2) is 0 Å². The topological polar surface area (TPSA) is 60.0 Å². The molecule has 0 aromatic heterocycles. The second kappa shape index (κ2) is 4.77. The van der Waals surface area contributed by atoms with E-state index in [1.165, 1.54) is 0 Å². The summed E-state index contributed by atoms with van der Waals surface area (Å²) in [6.45, 7) is 1.70. The summed E-state index contributed by atoms with van der Waals surface area (Å²) in [6, 6.07) is 11.1. The van der Waals surface area contributed by atoms with Gasteiger partial charge in [0, 0.05) is 23.4 Å². The predicted octanol–water partition coefficient (Wildman–Crippen LogP) is 2.71. The van der Waals surface area contributed by atoms with Crippen LogP contribution in [0.25, 0.3) is 0 Å². The van der Waals surface area contributed by atoms with Gasteiger partial charge in [-0.05, 0) is 24.3 Å². The molecule has 0 fully saturated rings. The molecule has 1 unspecified atom stereocenters. The molecule has 4 rings (SSSR count). The zero-order valence-corrected chi connectivity index (χ0v) is 11.3. The molecule has 2 aliphatic heterocycles. The number of rotatable bonds is 2. The van der Waals surface area contributed by atoms with Gasteiger partial charge in [0.15, 0.2) is 11.5 Å². The third kappa shape index (κ3) is 2.20. The predicted molar refractivity (Wildman–Crippen MR) is 77.4 cm³/mol. The van der Waals surface area contributed by atoms with Crippen LogP contribution in [0.2, 0.25) is 0 Å². The van der Waals surface area contributed by atoms with Gasteiger partial charge < -0.3 is 24.6 Å². The highest BCUT2D eigenvalue weighted by atomic mass is 16.6. The molecule has 2 N–H and O–H groups in total. The van der Waals surface area contributed by atoms with Gasteiger partial charge in [-0.1, -0.05) is 0 Å². The Balaban J connectivity index is 1.58. The van der Waals surface area contributed by atoms with Crippen molar-refractivity contribution in [1.29, 1.82) is 0 Å². The van der Waals surface area contributed by atoms with Gasteiger partial charge in [0.05, 0.1) is 6.04 Å². The molecule has 0 bridgehead atoms. The largest absolute Gasteiger partial charge is 0.508 e. The summed E-state index contributed by atoms with van der Waals surface area (Å²) in [7, 11) is 0. The SMILES string of the molecule is Oc1ccc2c(c1)OCC2Nc1ccc2c(c1)OCCO2.